The third-order valence-electron chi connectivity index (χ3n) is 5.31. The molecule has 0 atom stereocenters. The van der Waals surface area contributed by atoms with E-state index in [4.69, 9.17) is 4.74 Å². The lowest BCUT2D eigenvalue weighted by Gasteiger charge is -2.36. The number of piperazine rings is 1. The first-order valence-electron chi connectivity index (χ1n) is 9.58. The predicted molar refractivity (Wildman–Crippen MR) is 112 cm³/mol. The van der Waals surface area contributed by atoms with E-state index >= 15 is 0 Å². The van der Waals surface area contributed by atoms with Crippen molar-refractivity contribution >= 4 is 5.69 Å². The molecule has 3 aromatic rings. The number of hydrogen-bond donors (Lipinski definition) is 0. The first-order valence-corrected chi connectivity index (χ1v) is 9.58. The molecule has 3 heteroatoms. The summed E-state index contributed by atoms with van der Waals surface area (Å²) >= 11 is 0. The first kappa shape index (κ1) is 17.6. The van der Waals surface area contributed by atoms with Gasteiger partial charge in [-0.2, -0.15) is 0 Å². The van der Waals surface area contributed by atoms with Crippen LogP contribution in [0.25, 0.3) is 11.1 Å². The lowest BCUT2D eigenvalue weighted by atomic mass is 9.99. The van der Waals surface area contributed by atoms with Gasteiger partial charge in [-0.25, -0.2) is 0 Å². The van der Waals surface area contributed by atoms with Crippen LogP contribution in [0.5, 0.6) is 5.75 Å². The maximum Gasteiger partial charge on any atom is 0.118 e. The summed E-state index contributed by atoms with van der Waals surface area (Å²) in [5.74, 6) is 0.897. The Bertz CT molecular complexity index is 853. The minimum atomic E-state index is 0.897. The zero-order valence-corrected chi connectivity index (χ0v) is 15.8. The summed E-state index contributed by atoms with van der Waals surface area (Å²) in [7, 11) is 1.71. The molecule has 1 aliphatic heterocycles. The molecular formula is C24H26N2O. The third kappa shape index (κ3) is 4.15. The van der Waals surface area contributed by atoms with Gasteiger partial charge < -0.3 is 9.64 Å². The van der Waals surface area contributed by atoms with Crippen molar-refractivity contribution in [1.82, 2.24) is 4.90 Å². The molecular weight excluding hydrogens is 332 g/mol. The number of hydrogen-bond acceptors (Lipinski definition) is 3. The molecule has 1 saturated heterocycles. The van der Waals surface area contributed by atoms with Crippen molar-refractivity contribution in [2.75, 3.05) is 38.2 Å². The molecule has 0 N–H and O–H groups in total. The molecule has 27 heavy (non-hydrogen) atoms. The summed E-state index contributed by atoms with van der Waals surface area (Å²) in [5, 5.41) is 0. The number of para-hydroxylation sites is 1. The van der Waals surface area contributed by atoms with Gasteiger partial charge in [0.2, 0.25) is 0 Å². The van der Waals surface area contributed by atoms with Gasteiger partial charge in [0, 0.05) is 38.4 Å². The molecule has 0 amide bonds. The quantitative estimate of drug-likeness (QED) is 0.658. The standard InChI is InChI=1S/C24H26N2O/c1-27-23-13-11-20(12-14-23)24-10-6-5-7-21(24)19-25-15-17-26(18-16-25)22-8-3-2-4-9-22/h2-14H,15-19H2,1H3. The normalized spacial score (nSPS) is 14.9. The monoisotopic (exact) mass is 358 g/mol. The molecule has 0 radical (unpaired) electrons. The summed E-state index contributed by atoms with van der Waals surface area (Å²) in [5.41, 5.74) is 5.27. The van der Waals surface area contributed by atoms with E-state index in [9.17, 15) is 0 Å². The smallest absolute Gasteiger partial charge is 0.118 e. The number of anilines is 1. The number of methoxy groups -OCH3 is 1. The molecule has 0 unspecified atom stereocenters. The Morgan fingerprint density at radius 1 is 0.741 bits per heavy atom. The number of rotatable bonds is 5. The molecule has 1 aliphatic rings. The van der Waals surface area contributed by atoms with Crippen LogP contribution in [-0.4, -0.2) is 38.2 Å². The van der Waals surface area contributed by atoms with E-state index in [-0.39, 0.29) is 0 Å². The van der Waals surface area contributed by atoms with E-state index in [1.807, 2.05) is 12.1 Å². The van der Waals surface area contributed by atoms with Crippen LogP contribution >= 0.6 is 0 Å². The van der Waals surface area contributed by atoms with Gasteiger partial charge in [0.15, 0.2) is 0 Å². The molecule has 3 aromatic carbocycles. The topological polar surface area (TPSA) is 15.7 Å². The van der Waals surface area contributed by atoms with Crippen LogP contribution in [0.3, 0.4) is 0 Å². The highest BCUT2D eigenvalue weighted by Crippen LogP contribution is 2.27. The number of benzene rings is 3. The van der Waals surface area contributed by atoms with Crippen LogP contribution < -0.4 is 9.64 Å². The van der Waals surface area contributed by atoms with Gasteiger partial charge in [-0.05, 0) is 41.0 Å². The van der Waals surface area contributed by atoms with Gasteiger partial charge in [0.25, 0.3) is 0 Å². The highest BCUT2D eigenvalue weighted by atomic mass is 16.5. The van der Waals surface area contributed by atoms with Gasteiger partial charge in [-0.3, -0.25) is 4.90 Å². The molecule has 138 valence electrons. The Kier molecular flexibility index (Phi) is 5.40. The lowest BCUT2D eigenvalue weighted by Crippen LogP contribution is -2.46. The molecule has 0 aliphatic carbocycles. The van der Waals surface area contributed by atoms with Crippen molar-refractivity contribution in [1.29, 1.82) is 0 Å². The highest BCUT2D eigenvalue weighted by molar-refractivity contribution is 5.68. The minimum Gasteiger partial charge on any atom is -0.497 e. The summed E-state index contributed by atoms with van der Waals surface area (Å²) in [4.78, 5) is 5.04. The predicted octanol–water partition coefficient (Wildman–Crippen LogP) is 4.68. The Balaban J connectivity index is 1.44. The van der Waals surface area contributed by atoms with Gasteiger partial charge in [0.05, 0.1) is 7.11 Å². The summed E-state index contributed by atoms with van der Waals surface area (Å²) in [6, 6.07) is 27.8. The zero-order chi connectivity index (χ0) is 18.5. The molecule has 1 heterocycles. The van der Waals surface area contributed by atoms with Gasteiger partial charge >= 0.3 is 0 Å². The highest BCUT2D eigenvalue weighted by Gasteiger charge is 2.18. The molecule has 0 aromatic heterocycles. The maximum atomic E-state index is 5.29. The van der Waals surface area contributed by atoms with E-state index in [0.717, 1.165) is 38.5 Å². The van der Waals surface area contributed by atoms with Crippen LogP contribution in [0.15, 0.2) is 78.9 Å². The fraction of sp³-hybridized carbons (Fsp3) is 0.250. The summed E-state index contributed by atoms with van der Waals surface area (Å²) < 4.78 is 5.29. The zero-order valence-electron chi connectivity index (χ0n) is 15.8. The third-order valence-corrected chi connectivity index (χ3v) is 5.31. The lowest BCUT2D eigenvalue weighted by molar-refractivity contribution is 0.250. The van der Waals surface area contributed by atoms with Crippen LogP contribution in [0.1, 0.15) is 5.56 Å². The summed E-state index contributed by atoms with van der Waals surface area (Å²) in [6.45, 7) is 5.33. The fourth-order valence-corrected chi connectivity index (χ4v) is 3.75. The second-order valence-corrected chi connectivity index (χ2v) is 6.98. The Morgan fingerprint density at radius 2 is 1.41 bits per heavy atom. The molecule has 0 saturated carbocycles. The van der Waals surface area contributed by atoms with Crippen molar-refractivity contribution in [3.63, 3.8) is 0 Å². The SMILES string of the molecule is COc1ccc(-c2ccccc2CN2CCN(c3ccccc3)CC2)cc1. The molecule has 0 bridgehead atoms. The van der Waals surface area contributed by atoms with E-state index in [1.165, 1.54) is 22.4 Å². The first-order chi connectivity index (χ1) is 13.3. The molecule has 4 rings (SSSR count). The van der Waals surface area contributed by atoms with E-state index in [0.29, 0.717) is 0 Å². The second-order valence-electron chi connectivity index (χ2n) is 6.98. The van der Waals surface area contributed by atoms with Crippen LogP contribution in [-0.2, 0) is 6.54 Å². The molecule has 1 fully saturated rings. The average Bonchev–Trinajstić information content (AvgIpc) is 2.75. The van der Waals surface area contributed by atoms with Crippen LogP contribution in [0.2, 0.25) is 0 Å². The van der Waals surface area contributed by atoms with Gasteiger partial charge in [-0.15, -0.1) is 0 Å². The van der Waals surface area contributed by atoms with E-state index in [2.05, 4.69) is 76.5 Å². The average molecular weight is 358 g/mol. The minimum absolute atomic E-state index is 0.897. The number of nitrogens with zero attached hydrogens (tertiary/aromatic N) is 2. The second kappa shape index (κ2) is 8.28. The van der Waals surface area contributed by atoms with E-state index in [1.54, 1.807) is 7.11 Å². The number of ether oxygens (including phenoxy) is 1. The van der Waals surface area contributed by atoms with Crippen molar-refractivity contribution in [2.45, 2.75) is 6.54 Å². The molecule has 0 spiro atoms. The Labute approximate surface area is 161 Å². The van der Waals surface area contributed by atoms with Crippen molar-refractivity contribution in [3.05, 3.63) is 84.4 Å². The van der Waals surface area contributed by atoms with Gasteiger partial charge in [0.1, 0.15) is 5.75 Å². The Morgan fingerprint density at radius 3 is 2.11 bits per heavy atom. The fourth-order valence-electron chi connectivity index (χ4n) is 3.75. The van der Waals surface area contributed by atoms with Crippen LogP contribution in [0, 0.1) is 0 Å². The summed E-state index contributed by atoms with van der Waals surface area (Å²) in [6.07, 6.45) is 0. The van der Waals surface area contributed by atoms with Gasteiger partial charge in [-0.1, -0.05) is 54.6 Å². The van der Waals surface area contributed by atoms with Crippen molar-refractivity contribution < 1.29 is 4.74 Å². The maximum absolute atomic E-state index is 5.29. The van der Waals surface area contributed by atoms with E-state index < -0.39 is 0 Å². The largest absolute Gasteiger partial charge is 0.497 e. The Hall–Kier alpha value is -2.78. The van der Waals surface area contributed by atoms with Crippen molar-refractivity contribution in [3.8, 4) is 16.9 Å². The van der Waals surface area contributed by atoms with Crippen LogP contribution in [0.4, 0.5) is 5.69 Å². The van der Waals surface area contributed by atoms with Crippen molar-refractivity contribution in [2.24, 2.45) is 0 Å². The molecule has 3 nitrogen and oxygen atoms in total.